The molecule has 1 N–H and O–H groups in total. The van der Waals surface area contributed by atoms with Crippen LogP contribution >= 0.6 is 11.3 Å². The number of aryl methyl sites for hydroxylation is 1. The van der Waals surface area contributed by atoms with Gasteiger partial charge in [-0.2, -0.15) is 0 Å². The van der Waals surface area contributed by atoms with E-state index >= 15 is 0 Å². The van der Waals surface area contributed by atoms with E-state index < -0.39 is 5.97 Å². The molecule has 5 heteroatoms. The lowest BCUT2D eigenvalue weighted by Crippen LogP contribution is -2.25. The minimum absolute atomic E-state index is 0.252. The Morgan fingerprint density at radius 3 is 2.88 bits per heavy atom. The molecule has 1 aromatic heterocycles. The topological polar surface area (TPSA) is 57.6 Å². The molecule has 0 aromatic carbocycles. The molecule has 0 atom stereocenters. The SMILES string of the molecule is O=C(O)c1ccc(CCCN2CCCC2=O)s1. The van der Waals surface area contributed by atoms with Gasteiger partial charge in [0.25, 0.3) is 0 Å². The Balaban J connectivity index is 1.77. The van der Waals surface area contributed by atoms with E-state index in [9.17, 15) is 9.59 Å². The van der Waals surface area contributed by atoms with Gasteiger partial charge in [-0.05, 0) is 31.4 Å². The molecule has 0 aliphatic carbocycles. The third-order valence-electron chi connectivity index (χ3n) is 2.90. The van der Waals surface area contributed by atoms with Crippen molar-refractivity contribution in [3.05, 3.63) is 21.9 Å². The van der Waals surface area contributed by atoms with Crippen LogP contribution in [0.2, 0.25) is 0 Å². The Morgan fingerprint density at radius 1 is 1.47 bits per heavy atom. The van der Waals surface area contributed by atoms with Crippen LogP contribution in [0.4, 0.5) is 0 Å². The van der Waals surface area contributed by atoms with Gasteiger partial charge in [0, 0.05) is 24.4 Å². The molecule has 0 saturated carbocycles. The van der Waals surface area contributed by atoms with E-state index in [1.165, 1.54) is 11.3 Å². The summed E-state index contributed by atoms with van der Waals surface area (Å²) in [5.41, 5.74) is 0. The van der Waals surface area contributed by atoms with Gasteiger partial charge < -0.3 is 10.0 Å². The lowest BCUT2D eigenvalue weighted by molar-refractivity contribution is -0.127. The van der Waals surface area contributed by atoms with Crippen molar-refractivity contribution in [1.82, 2.24) is 4.90 Å². The van der Waals surface area contributed by atoms with E-state index in [0.717, 1.165) is 37.2 Å². The molecule has 92 valence electrons. The Hall–Kier alpha value is -1.36. The molecular formula is C12H15NO3S. The zero-order valence-corrected chi connectivity index (χ0v) is 10.3. The van der Waals surface area contributed by atoms with Gasteiger partial charge in [0.05, 0.1) is 0 Å². The zero-order valence-electron chi connectivity index (χ0n) is 9.52. The molecule has 0 spiro atoms. The summed E-state index contributed by atoms with van der Waals surface area (Å²) in [6, 6.07) is 3.50. The molecule has 4 nitrogen and oxygen atoms in total. The smallest absolute Gasteiger partial charge is 0.345 e. The molecule has 1 saturated heterocycles. The number of hydrogen-bond donors (Lipinski definition) is 1. The monoisotopic (exact) mass is 253 g/mol. The van der Waals surface area contributed by atoms with E-state index in [0.29, 0.717) is 11.3 Å². The molecule has 1 aliphatic heterocycles. The summed E-state index contributed by atoms with van der Waals surface area (Å²) in [4.78, 5) is 25.4. The number of nitrogens with zero attached hydrogens (tertiary/aromatic N) is 1. The minimum atomic E-state index is -0.865. The van der Waals surface area contributed by atoms with Crippen molar-refractivity contribution in [3.63, 3.8) is 0 Å². The first kappa shape index (κ1) is 12.1. The summed E-state index contributed by atoms with van der Waals surface area (Å²) in [5.74, 6) is -0.613. The Morgan fingerprint density at radius 2 is 2.29 bits per heavy atom. The third-order valence-corrected chi connectivity index (χ3v) is 4.03. The van der Waals surface area contributed by atoms with Crippen LogP contribution in [-0.4, -0.2) is 35.0 Å². The second-order valence-electron chi connectivity index (χ2n) is 4.16. The number of likely N-dealkylation sites (tertiary alicyclic amines) is 1. The van der Waals surface area contributed by atoms with Crippen molar-refractivity contribution in [1.29, 1.82) is 0 Å². The van der Waals surface area contributed by atoms with Crippen LogP contribution in [0.3, 0.4) is 0 Å². The first-order valence-electron chi connectivity index (χ1n) is 5.76. The standard InChI is InChI=1S/C12H15NO3S/c14-11-4-2-8-13(11)7-1-3-9-5-6-10(17-9)12(15)16/h5-6H,1-4,7-8H2,(H,15,16). The summed E-state index contributed by atoms with van der Waals surface area (Å²) in [6.45, 7) is 1.67. The summed E-state index contributed by atoms with van der Waals surface area (Å²) in [5, 5.41) is 8.79. The highest BCUT2D eigenvalue weighted by Gasteiger charge is 2.19. The zero-order chi connectivity index (χ0) is 12.3. The highest BCUT2D eigenvalue weighted by atomic mass is 32.1. The summed E-state index contributed by atoms with van der Waals surface area (Å²) in [6.07, 6.45) is 3.41. The predicted octanol–water partition coefficient (Wildman–Crippen LogP) is 2.00. The summed E-state index contributed by atoms with van der Waals surface area (Å²) in [7, 11) is 0. The second kappa shape index (κ2) is 5.31. The van der Waals surface area contributed by atoms with E-state index in [-0.39, 0.29) is 5.91 Å². The number of aromatic carboxylic acids is 1. The molecule has 1 amide bonds. The minimum Gasteiger partial charge on any atom is -0.477 e. The maximum atomic E-state index is 11.4. The maximum Gasteiger partial charge on any atom is 0.345 e. The number of carbonyl (C=O) groups excluding carboxylic acids is 1. The molecule has 1 aromatic rings. The number of amides is 1. The van der Waals surface area contributed by atoms with Crippen molar-refractivity contribution >= 4 is 23.2 Å². The van der Waals surface area contributed by atoms with Crippen LogP contribution < -0.4 is 0 Å². The van der Waals surface area contributed by atoms with E-state index in [1.54, 1.807) is 6.07 Å². The molecule has 2 heterocycles. The van der Waals surface area contributed by atoms with Gasteiger partial charge >= 0.3 is 5.97 Å². The predicted molar refractivity (Wildman–Crippen MR) is 65.4 cm³/mol. The maximum absolute atomic E-state index is 11.4. The third kappa shape index (κ3) is 3.06. The number of carboxylic acid groups (broad SMARTS) is 1. The number of hydrogen-bond acceptors (Lipinski definition) is 3. The average molecular weight is 253 g/mol. The molecule has 0 bridgehead atoms. The number of rotatable bonds is 5. The van der Waals surface area contributed by atoms with E-state index in [4.69, 9.17) is 5.11 Å². The fraction of sp³-hybridized carbons (Fsp3) is 0.500. The number of carboxylic acids is 1. The highest BCUT2D eigenvalue weighted by Crippen LogP contribution is 2.18. The first-order valence-corrected chi connectivity index (χ1v) is 6.58. The number of carbonyl (C=O) groups is 2. The molecule has 17 heavy (non-hydrogen) atoms. The van der Waals surface area contributed by atoms with Crippen molar-refractivity contribution in [2.24, 2.45) is 0 Å². The van der Waals surface area contributed by atoms with Gasteiger partial charge in [0.2, 0.25) is 5.91 Å². The Bertz CT molecular complexity index is 427. The van der Waals surface area contributed by atoms with Crippen molar-refractivity contribution < 1.29 is 14.7 Å². The van der Waals surface area contributed by atoms with Gasteiger partial charge in [-0.3, -0.25) is 4.79 Å². The normalized spacial score (nSPS) is 15.5. The Labute approximate surface area is 104 Å². The quantitative estimate of drug-likeness (QED) is 0.873. The van der Waals surface area contributed by atoms with Gasteiger partial charge in [-0.25, -0.2) is 4.79 Å². The van der Waals surface area contributed by atoms with Gasteiger partial charge in [0.15, 0.2) is 0 Å². The van der Waals surface area contributed by atoms with Gasteiger partial charge in [0.1, 0.15) is 4.88 Å². The fourth-order valence-electron chi connectivity index (χ4n) is 2.01. The number of thiophene rings is 1. The van der Waals surface area contributed by atoms with Crippen molar-refractivity contribution in [3.8, 4) is 0 Å². The van der Waals surface area contributed by atoms with Crippen molar-refractivity contribution in [2.75, 3.05) is 13.1 Å². The van der Waals surface area contributed by atoms with Gasteiger partial charge in [-0.1, -0.05) is 0 Å². The van der Waals surface area contributed by atoms with Crippen LogP contribution in [0.5, 0.6) is 0 Å². The van der Waals surface area contributed by atoms with Crippen LogP contribution in [0.25, 0.3) is 0 Å². The second-order valence-corrected chi connectivity index (χ2v) is 5.33. The molecule has 1 aliphatic rings. The van der Waals surface area contributed by atoms with E-state index in [2.05, 4.69) is 0 Å². The summed E-state index contributed by atoms with van der Waals surface area (Å²) < 4.78 is 0. The van der Waals surface area contributed by atoms with Gasteiger partial charge in [-0.15, -0.1) is 11.3 Å². The van der Waals surface area contributed by atoms with Crippen LogP contribution in [0, 0.1) is 0 Å². The molecule has 2 rings (SSSR count). The molecule has 1 fully saturated rings. The van der Waals surface area contributed by atoms with Crippen LogP contribution in [-0.2, 0) is 11.2 Å². The summed E-state index contributed by atoms with van der Waals surface area (Å²) >= 11 is 1.32. The van der Waals surface area contributed by atoms with Crippen LogP contribution in [0.1, 0.15) is 33.8 Å². The fourth-order valence-corrected chi connectivity index (χ4v) is 2.90. The van der Waals surface area contributed by atoms with Crippen LogP contribution in [0.15, 0.2) is 12.1 Å². The molecular weight excluding hydrogens is 238 g/mol. The lowest BCUT2D eigenvalue weighted by atomic mass is 10.2. The lowest BCUT2D eigenvalue weighted by Gasteiger charge is -2.14. The molecule has 0 radical (unpaired) electrons. The van der Waals surface area contributed by atoms with Crippen molar-refractivity contribution in [2.45, 2.75) is 25.7 Å². The molecule has 0 unspecified atom stereocenters. The first-order chi connectivity index (χ1) is 8.16. The Kier molecular flexibility index (Phi) is 3.78. The largest absolute Gasteiger partial charge is 0.477 e. The average Bonchev–Trinajstić information content (AvgIpc) is 2.89. The van der Waals surface area contributed by atoms with E-state index in [1.807, 2.05) is 11.0 Å². The highest BCUT2D eigenvalue weighted by molar-refractivity contribution is 7.13.